The van der Waals surface area contributed by atoms with Crippen LogP contribution in [0, 0.1) is 11.8 Å². The second kappa shape index (κ2) is 11.1. The molecule has 198 valence electrons. The van der Waals surface area contributed by atoms with Crippen LogP contribution in [0.15, 0.2) is 61.4 Å². The van der Waals surface area contributed by atoms with Crippen molar-refractivity contribution in [3.8, 4) is 11.8 Å². The standard InChI is InChI=1S/C28H24F3N7O/c1-37-8-10-38(11-9-37)18-21-4-5-23(13-24(21)28(29,30)31)36-27(39)22-12-19(14-32-16-22)2-3-20-15-33-17-25-26(20)35-7-6-34-25/h4-7,12-17H,8-11,18H2,1H3,(H,36,39). The van der Waals surface area contributed by atoms with Gasteiger partial charge in [0.1, 0.15) is 11.0 Å². The summed E-state index contributed by atoms with van der Waals surface area (Å²) in [5, 5.41) is 2.56. The molecular weight excluding hydrogens is 507 g/mol. The summed E-state index contributed by atoms with van der Waals surface area (Å²) in [5.41, 5.74) is 1.83. The minimum absolute atomic E-state index is 0.0475. The second-order valence-corrected chi connectivity index (χ2v) is 9.23. The molecule has 0 aliphatic carbocycles. The molecule has 0 bridgehead atoms. The summed E-state index contributed by atoms with van der Waals surface area (Å²) in [7, 11) is 1.99. The SMILES string of the molecule is CN1CCN(Cc2ccc(NC(=O)c3cncc(C#Cc4cncc5nccnc45)c3)cc2C(F)(F)F)CC1. The average Bonchev–Trinajstić information content (AvgIpc) is 2.93. The van der Waals surface area contributed by atoms with Crippen LogP contribution in [-0.2, 0) is 12.7 Å². The third kappa shape index (κ3) is 6.37. The number of carbonyl (C=O) groups is 1. The summed E-state index contributed by atoms with van der Waals surface area (Å²) in [4.78, 5) is 33.7. The zero-order chi connectivity index (χ0) is 27.4. The Labute approximate surface area is 222 Å². The smallest absolute Gasteiger partial charge is 0.322 e. The van der Waals surface area contributed by atoms with Crippen molar-refractivity contribution in [2.75, 3.05) is 38.5 Å². The Morgan fingerprint density at radius 3 is 2.54 bits per heavy atom. The van der Waals surface area contributed by atoms with E-state index in [9.17, 15) is 18.0 Å². The number of fused-ring (bicyclic) bond motifs is 1. The Morgan fingerprint density at radius 1 is 0.974 bits per heavy atom. The fourth-order valence-electron chi connectivity index (χ4n) is 4.26. The fraction of sp³-hybridized carbons (Fsp3) is 0.250. The predicted molar refractivity (Wildman–Crippen MR) is 140 cm³/mol. The molecule has 5 rings (SSSR count). The summed E-state index contributed by atoms with van der Waals surface area (Å²) in [6.07, 6.45) is 4.54. The number of nitrogens with one attached hydrogen (secondary N) is 1. The number of piperazine rings is 1. The molecule has 0 unspecified atom stereocenters. The van der Waals surface area contributed by atoms with E-state index in [1.54, 1.807) is 24.8 Å². The maximum Gasteiger partial charge on any atom is 0.416 e. The number of anilines is 1. The lowest BCUT2D eigenvalue weighted by molar-refractivity contribution is -0.138. The summed E-state index contributed by atoms with van der Waals surface area (Å²) < 4.78 is 41.7. The maximum absolute atomic E-state index is 13.9. The van der Waals surface area contributed by atoms with Crippen LogP contribution < -0.4 is 5.32 Å². The van der Waals surface area contributed by atoms with Crippen molar-refractivity contribution in [2.24, 2.45) is 0 Å². The van der Waals surface area contributed by atoms with Crippen molar-refractivity contribution in [3.05, 3.63) is 89.3 Å². The van der Waals surface area contributed by atoms with Gasteiger partial charge in [0.15, 0.2) is 0 Å². The molecule has 1 amide bonds. The zero-order valence-electron chi connectivity index (χ0n) is 21.0. The molecule has 11 heteroatoms. The summed E-state index contributed by atoms with van der Waals surface area (Å²) in [6, 6.07) is 5.42. The van der Waals surface area contributed by atoms with Gasteiger partial charge >= 0.3 is 6.18 Å². The molecule has 0 spiro atoms. The number of alkyl halides is 3. The first-order valence-corrected chi connectivity index (χ1v) is 12.2. The molecule has 1 aromatic carbocycles. The lowest BCUT2D eigenvalue weighted by atomic mass is 10.0. The molecule has 1 saturated heterocycles. The number of hydrogen-bond acceptors (Lipinski definition) is 7. The number of likely N-dealkylation sites (N-methyl/N-ethyl adjacent to an activating group) is 1. The molecule has 0 atom stereocenters. The highest BCUT2D eigenvalue weighted by molar-refractivity contribution is 6.04. The first-order chi connectivity index (χ1) is 18.8. The molecule has 1 aliphatic heterocycles. The van der Waals surface area contributed by atoms with Gasteiger partial charge in [-0.1, -0.05) is 17.9 Å². The Balaban J connectivity index is 1.33. The topological polar surface area (TPSA) is 87.1 Å². The van der Waals surface area contributed by atoms with Crippen molar-refractivity contribution in [2.45, 2.75) is 12.7 Å². The van der Waals surface area contributed by atoms with Crippen LogP contribution in [0.3, 0.4) is 0 Å². The van der Waals surface area contributed by atoms with E-state index in [2.05, 4.69) is 42.0 Å². The molecular formula is C28H24F3N7O. The minimum Gasteiger partial charge on any atom is -0.322 e. The van der Waals surface area contributed by atoms with Crippen LogP contribution in [0.4, 0.5) is 18.9 Å². The average molecular weight is 532 g/mol. The number of amides is 1. The predicted octanol–water partition coefficient (Wildman–Crippen LogP) is 3.84. The number of pyridine rings is 2. The van der Waals surface area contributed by atoms with E-state index in [0.717, 1.165) is 19.2 Å². The highest BCUT2D eigenvalue weighted by atomic mass is 19.4. The molecule has 1 fully saturated rings. The van der Waals surface area contributed by atoms with E-state index < -0.39 is 17.6 Å². The van der Waals surface area contributed by atoms with Crippen LogP contribution in [0.25, 0.3) is 11.0 Å². The Hall–Kier alpha value is -4.40. The lowest BCUT2D eigenvalue weighted by Gasteiger charge is -2.33. The molecule has 4 aromatic rings. The molecule has 0 radical (unpaired) electrons. The van der Waals surface area contributed by atoms with Crippen LogP contribution in [0.5, 0.6) is 0 Å². The van der Waals surface area contributed by atoms with Gasteiger partial charge < -0.3 is 10.2 Å². The van der Waals surface area contributed by atoms with Crippen molar-refractivity contribution in [1.29, 1.82) is 0 Å². The number of halogens is 3. The molecule has 4 heterocycles. The number of aromatic nitrogens is 4. The van der Waals surface area contributed by atoms with E-state index in [-0.39, 0.29) is 23.4 Å². The maximum atomic E-state index is 13.9. The van der Waals surface area contributed by atoms with E-state index in [1.165, 1.54) is 30.6 Å². The number of nitrogens with zero attached hydrogens (tertiary/aromatic N) is 6. The van der Waals surface area contributed by atoms with Crippen molar-refractivity contribution < 1.29 is 18.0 Å². The van der Waals surface area contributed by atoms with Gasteiger partial charge in [0.25, 0.3) is 5.91 Å². The van der Waals surface area contributed by atoms with E-state index >= 15 is 0 Å². The Morgan fingerprint density at radius 2 is 1.74 bits per heavy atom. The third-order valence-electron chi connectivity index (χ3n) is 6.39. The number of benzene rings is 1. The van der Waals surface area contributed by atoms with Crippen LogP contribution in [-0.4, -0.2) is 68.9 Å². The monoisotopic (exact) mass is 531 g/mol. The number of carbonyl (C=O) groups excluding carboxylic acids is 1. The molecule has 8 nitrogen and oxygen atoms in total. The van der Waals surface area contributed by atoms with Crippen LogP contribution in [0.2, 0.25) is 0 Å². The highest BCUT2D eigenvalue weighted by Gasteiger charge is 2.34. The summed E-state index contributed by atoms with van der Waals surface area (Å²) >= 11 is 0. The minimum atomic E-state index is -4.56. The van der Waals surface area contributed by atoms with Gasteiger partial charge in [0.05, 0.1) is 22.9 Å². The normalized spacial score (nSPS) is 14.6. The Bertz CT molecular complexity index is 1570. The van der Waals surface area contributed by atoms with Gasteiger partial charge in [-0.15, -0.1) is 0 Å². The molecule has 1 aliphatic rings. The van der Waals surface area contributed by atoms with E-state index in [0.29, 0.717) is 35.2 Å². The third-order valence-corrected chi connectivity index (χ3v) is 6.39. The molecule has 1 N–H and O–H groups in total. The molecule has 3 aromatic heterocycles. The van der Waals surface area contributed by atoms with E-state index in [4.69, 9.17) is 0 Å². The van der Waals surface area contributed by atoms with Crippen molar-refractivity contribution >= 4 is 22.6 Å². The summed E-state index contributed by atoms with van der Waals surface area (Å²) in [5.74, 6) is 5.31. The van der Waals surface area contributed by atoms with E-state index in [1.807, 2.05) is 11.9 Å². The van der Waals surface area contributed by atoms with Gasteiger partial charge in [0.2, 0.25) is 0 Å². The fourth-order valence-corrected chi connectivity index (χ4v) is 4.26. The number of rotatable bonds is 4. The van der Waals surface area contributed by atoms with Gasteiger partial charge in [0, 0.05) is 75.0 Å². The van der Waals surface area contributed by atoms with Crippen LogP contribution in [0.1, 0.15) is 32.6 Å². The Kier molecular flexibility index (Phi) is 7.49. The molecule has 39 heavy (non-hydrogen) atoms. The van der Waals surface area contributed by atoms with Gasteiger partial charge in [-0.25, -0.2) is 0 Å². The first-order valence-electron chi connectivity index (χ1n) is 12.2. The zero-order valence-corrected chi connectivity index (χ0v) is 21.0. The second-order valence-electron chi connectivity index (χ2n) is 9.23. The van der Waals surface area contributed by atoms with Gasteiger partial charge in [-0.3, -0.25) is 29.6 Å². The molecule has 0 saturated carbocycles. The number of hydrogen-bond donors (Lipinski definition) is 1. The summed E-state index contributed by atoms with van der Waals surface area (Å²) in [6.45, 7) is 3.20. The van der Waals surface area contributed by atoms with Crippen molar-refractivity contribution in [3.63, 3.8) is 0 Å². The largest absolute Gasteiger partial charge is 0.416 e. The van der Waals surface area contributed by atoms with Crippen molar-refractivity contribution in [1.82, 2.24) is 29.7 Å². The van der Waals surface area contributed by atoms with Gasteiger partial charge in [-0.2, -0.15) is 13.2 Å². The quantitative estimate of drug-likeness (QED) is 0.401. The first kappa shape index (κ1) is 26.2. The highest BCUT2D eigenvalue weighted by Crippen LogP contribution is 2.34. The lowest BCUT2D eigenvalue weighted by Crippen LogP contribution is -2.44. The van der Waals surface area contributed by atoms with Gasteiger partial charge in [-0.05, 0) is 30.8 Å². The van der Waals surface area contributed by atoms with Crippen LogP contribution >= 0.6 is 0 Å².